The highest BCUT2D eigenvalue weighted by molar-refractivity contribution is 7.92. The van der Waals surface area contributed by atoms with Crippen LogP contribution in [0.15, 0.2) is 76.5 Å². The third-order valence-corrected chi connectivity index (χ3v) is 8.92. The zero-order valence-electron chi connectivity index (χ0n) is 22.5. The van der Waals surface area contributed by atoms with Crippen molar-refractivity contribution in [3.05, 3.63) is 72.3 Å². The first kappa shape index (κ1) is 29.9. The number of benzene rings is 3. The molecule has 0 aliphatic carbocycles. The molecule has 39 heavy (non-hydrogen) atoms. The molecule has 0 unspecified atom stereocenters. The van der Waals surface area contributed by atoms with Crippen LogP contribution in [0.3, 0.4) is 0 Å². The molecule has 1 amide bonds. The zero-order valence-corrected chi connectivity index (χ0v) is 24.1. The number of sulfonamides is 2. The number of anilines is 2. The number of rotatable bonds is 12. The molecule has 0 aliphatic heterocycles. The number of amides is 1. The first-order chi connectivity index (χ1) is 18.4. The molecule has 0 aromatic heterocycles. The summed E-state index contributed by atoms with van der Waals surface area (Å²) < 4.78 is 66.9. The summed E-state index contributed by atoms with van der Waals surface area (Å²) in [5.41, 5.74) is 1.28. The predicted octanol–water partition coefficient (Wildman–Crippen LogP) is 3.92. The number of carbonyl (C=O) groups is 1. The number of hydrogen-bond acceptors (Lipinski definition) is 7. The molecular formula is C27H33N3O7S2. The van der Waals surface area contributed by atoms with Crippen LogP contribution in [0.1, 0.15) is 26.3 Å². The Hall–Kier alpha value is -3.61. The highest BCUT2D eigenvalue weighted by Crippen LogP contribution is 2.29. The van der Waals surface area contributed by atoms with Crippen molar-refractivity contribution in [1.82, 2.24) is 4.72 Å². The van der Waals surface area contributed by atoms with Gasteiger partial charge in [0.2, 0.25) is 15.9 Å². The van der Waals surface area contributed by atoms with E-state index in [-0.39, 0.29) is 33.0 Å². The Morgan fingerprint density at radius 1 is 0.923 bits per heavy atom. The molecule has 0 fully saturated rings. The maximum absolute atomic E-state index is 13.7. The Bertz CT molecular complexity index is 1500. The van der Waals surface area contributed by atoms with Crippen LogP contribution in [0.4, 0.5) is 11.4 Å². The summed E-state index contributed by atoms with van der Waals surface area (Å²) in [5, 5.41) is 2.61. The molecule has 12 heteroatoms. The Kier molecular flexibility index (Phi) is 9.59. The van der Waals surface area contributed by atoms with Crippen LogP contribution in [0.25, 0.3) is 0 Å². The van der Waals surface area contributed by atoms with Gasteiger partial charge in [-0.2, -0.15) is 0 Å². The van der Waals surface area contributed by atoms with E-state index in [9.17, 15) is 21.6 Å². The molecule has 0 heterocycles. The molecule has 210 valence electrons. The summed E-state index contributed by atoms with van der Waals surface area (Å²) in [7, 11) is -6.64. The van der Waals surface area contributed by atoms with Crippen molar-refractivity contribution >= 4 is 37.3 Å². The number of carbonyl (C=O) groups excluding carboxylic acids is 1. The van der Waals surface area contributed by atoms with Gasteiger partial charge in [-0.15, -0.1) is 0 Å². The molecule has 10 nitrogen and oxygen atoms in total. The average Bonchev–Trinajstić information content (AvgIpc) is 2.87. The molecule has 3 rings (SSSR count). The highest BCUT2D eigenvalue weighted by atomic mass is 32.2. The largest absolute Gasteiger partial charge is 0.495 e. The van der Waals surface area contributed by atoms with Gasteiger partial charge in [0.25, 0.3) is 10.0 Å². The molecule has 0 bridgehead atoms. The highest BCUT2D eigenvalue weighted by Gasteiger charge is 2.28. The minimum atomic E-state index is -4.17. The number of hydrogen-bond donors (Lipinski definition) is 2. The number of nitrogens with zero attached hydrogens (tertiary/aromatic N) is 1. The van der Waals surface area contributed by atoms with E-state index in [4.69, 9.17) is 9.47 Å². The maximum Gasteiger partial charge on any atom is 0.264 e. The van der Waals surface area contributed by atoms with Crippen molar-refractivity contribution in [2.24, 2.45) is 0 Å². The standard InChI is InChI=1S/C27H33N3O7S2/c1-6-37-22-11-13-23(14-12-22)39(34,35)30(21-9-7-20(4)8-10-21)18-27(31)28-25-17-24(15-16-26(25)36-5)38(32,33)29-19(2)3/h7-17,19,29H,6,18H2,1-5H3,(H,28,31). The fourth-order valence-electron chi connectivity index (χ4n) is 3.68. The lowest BCUT2D eigenvalue weighted by atomic mass is 10.2. The van der Waals surface area contributed by atoms with Gasteiger partial charge in [-0.3, -0.25) is 9.10 Å². The van der Waals surface area contributed by atoms with E-state index in [0.717, 1.165) is 9.87 Å². The third-order valence-electron chi connectivity index (χ3n) is 5.48. The number of methoxy groups -OCH3 is 1. The van der Waals surface area contributed by atoms with E-state index in [1.807, 2.05) is 13.8 Å². The van der Waals surface area contributed by atoms with Crippen molar-refractivity contribution in [2.45, 2.75) is 43.5 Å². The first-order valence-electron chi connectivity index (χ1n) is 12.2. The molecule has 0 spiro atoms. The molecule has 0 saturated carbocycles. The van der Waals surface area contributed by atoms with Crippen LogP contribution in [-0.2, 0) is 24.8 Å². The summed E-state index contributed by atoms with van der Waals surface area (Å²) >= 11 is 0. The second kappa shape index (κ2) is 12.5. The van der Waals surface area contributed by atoms with Crippen LogP contribution >= 0.6 is 0 Å². The minimum Gasteiger partial charge on any atom is -0.495 e. The second-order valence-electron chi connectivity index (χ2n) is 8.94. The van der Waals surface area contributed by atoms with Crippen molar-refractivity contribution in [3.63, 3.8) is 0 Å². The van der Waals surface area contributed by atoms with E-state index < -0.39 is 32.5 Å². The van der Waals surface area contributed by atoms with E-state index in [0.29, 0.717) is 12.4 Å². The van der Waals surface area contributed by atoms with Crippen molar-refractivity contribution in [2.75, 3.05) is 29.9 Å². The van der Waals surface area contributed by atoms with Gasteiger partial charge in [0.05, 0.1) is 34.9 Å². The Balaban J connectivity index is 1.96. The number of nitrogens with one attached hydrogen (secondary N) is 2. The lowest BCUT2D eigenvalue weighted by Crippen LogP contribution is -2.38. The summed E-state index contributed by atoms with van der Waals surface area (Å²) in [6.07, 6.45) is 0. The lowest BCUT2D eigenvalue weighted by Gasteiger charge is -2.24. The molecule has 0 saturated heterocycles. The quantitative estimate of drug-likeness (QED) is 0.335. The second-order valence-corrected chi connectivity index (χ2v) is 12.5. The Morgan fingerprint density at radius 2 is 1.54 bits per heavy atom. The molecule has 3 aromatic rings. The van der Waals surface area contributed by atoms with E-state index in [1.165, 1.54) is 37.4 Å². The molecular weight excluding hydrogens is 542 g/mol. The first-order valence-corrected chi connectivity index (χ1v) is 15.1. The van der Waals surface area contributed by atoms with Crippen molar-refractivity contribution < 1.29 is 31.1 Å². The van der Waals surface area contributed by atoms with E-state index in [1.54, 1.807) is 50.2 Å². The van der Waals surface area contributed by atoms with Gasteiger partial charge in [-0.05, 0) is 82.3 Å². The third kappa shape index (κ3) is 7.49. The van der Waals surface area contributed by atoms with Crippen LogP contribution in [0, 0.1) is 6.92 Å². The van der Waals surface area contributed by atoms with Gasteiger partial charge in [-0.25, -0.2) is 21.6 Å². The monoisotopic (exact) mass is 575 g/mol. The van der Waals surface area contributed by atoms with Crippen molar-refractivity contribution in [1.29, 1.82) is 0 Å². The van der Waals surface area contributed by atoms with E-state index in [2.05, 4.69) is 10.0 Å². The van der Waals surface area contributed by atoms with Crippen molar-refractivity contribution in [3.8, 4) is 11.5 Å². The smallest absolute Gasteiger partial charge is 0.264 e. The number of ether oxygens (including phenoxy) is 2. The van der Waals surface area contributed by atoms with Gasteiger partial charge in [-0.1, -0.05) is 17.7 Å². The van der Waals surface area contributed by atoms with Gasteiger partial charge >= 0.3 is 0 Å². The lowest BCUT2D eigenvalue weighted by molar-refractivity contribution is -0.114. The fourth-order valence-corrected chi connectivity index (χ4v) is 6.38. The summed E-state index contributed by atoms with van der Waals surface area (Å²) in [4.78, 5) is 13.1. The van der Waals surface area contributed by atoms with Gasteiger partial charge in [0.15, 0.2) is 0 Å². The van der Waals surface area contributed by atoms with Gasteiger partial charge < -0.3 is 14.8 Å². The van der Waals surface area contributed by atoms with E-state index >= 15 is 0 Å². The minimum absolute atomic E-state index is 0.0234. The van der Waals surface area contributed by atoms with Crippen LogP contribution in [0.2, 0.25) is 0 Å². The van der Waals surface area contributed by atoms with Gasteiger partial charge in [0, 0.05) is 6.04 Å². The summed E-state index contributed by atoms with van der Waals surface area (Å²) in [6, 6.07) is 16.3. The van der Waals surface area contributed by atoms with Gasteiger partial charge in [0.1, 0.15) is 18.0 Å². The average molecular weight is 576 g/mol. The topological polar surface area (TPSA) is 131 Å². The molecule has 3 aromatic carbocycles. The van der Waals surface area contributed by atoms with Crippen LogP contribution < -0.4 is 23.8 Å². The molecule has 0 atom stereocenters. The summed E-state index contributed by atoms with van der Waals surface area (Å²) in [6.45, 7) is 6.92. The fraction of sp³-hybridized carbons (Fsp3) is 0.296. The Morgan fingerprint density at radius 3 is 2.10 bits per heavy atom. The maximum atomic E-state index is 13.7. The molecule has 2 N–H and O–H groups in total. The Labute approximate surface area is 230 Å². The molecule has 0 radical (unpaired) electrons. The zero-order chi connectivity index (χ0) is 28.8. The number of aryl methyl sites for hydroxylation is 1. The summed E-state index contributed by atoms with van der Waals surface area (Å²) in [5.74, 6) is 0.0304. The normalized spacial score (nSPS) is 11.7. The SMILES string of the molecule is CCOc1ccc(S(=O)(=O)N(CC(=O)Nc2cc(S(=O)(=O)NC(C)C)ccc2OC)c2ccc(C)cc2)cc1. The predicted molar refractivity (Wildman–Crippen MR) is 150 cm³/mol. The van der Waals surface area contributed by atoms with Crippen LogP contribution in [0.5, 0.6) is 11.5 Å². The molecule has 0 aliphatic rings. The van der Waals surface area contributed by atoms with Crippen LogP contribution in [-0.4, -0.2) is 49.0 Å².